The number of rotatable bonds is 4. The van der Waals surface area contributed by atoms with Crippen LogP contribution in [0.15, 0.2) is 24.3 Å². The number of hydrogen-bond donors (Lipinski definition) is 2. The topological polar surface area (TPSA) is 110 Å². The van der Waals surface area contributed by atoms with E-state index in [-0.39, 0.29) is 11.5 Å². The Labute approximate surface area is 213 Å². The second-order valence-electron chi connectivity index (χ2n) is 8.84. The fraction of sp³-hybridized carbons (Fsp3) is 0.615. The molecule has 0 aliphatic carbocycles. The van der Waals surface area contributed by atoms with Gasteiger partial charge in [-0.1, -0.05) is 0 Å². The molecule has 36 heavy (non-hydrogen) atoms. The summed E-state index contributed by atoms with van der Waals surface area (Å²) >= 11 is 0. The highest BCUT2D eigenvalue weighted by Gasteiger charge is 2.13. The second kappa shape index (κ2) is 15.7. The molecule has 10 nitrogen and oxygen atoms in total. The summed E-state index contributed by atoms with van der Waals surface area (Å²) in [6.45, 7) is 11.8. The van der Waals surface area contributed by atoms with Gasteiger partial charge in [-0.05, 0) is 38.1 Å². The maximum atomic E-state index is 10.2. The van der Waals surface area contributed by atoms with Crippen molar-refractivity contribution in [2.24, 2.45) is 0 Å². The van der Waals surface area contributed by atoms with Crippen molar-refractivity contribution in [3.05, 3.63) is 47.0 Å². The summed E-state index contributed by atoms with van der Waals surface area (Å²) in [5, 5.41) is 20.3. The van der Waals surface area contributed by atoms with Crippen LogP contribution >= 0.6 is 0 Å². The Hall–Kier alpha value is -2.34. The summed E-state index contributed by atoms with van der Waals surface area (Å²) < 4.78 is 23.1. The molecule has 1 aliphatic heterocycles. The van der Waals surface area contributed by atoms with Crippen molar-refractivity contribution in [1.82, 2.24) is 19.8 Å². The van der Waals surface area contributed by atoms with Crippen LogP contribution in [0.2, 0.25) is 0 Å². The van der Waals surface area contributed by atoms with Gasteiger partial charge in [0.1, 0.15) is 11.5 Å². The van der Waals surface area contributed by atoms with Crippen LogP contribution in [0.25, 0.3) is 0 Å². The standard InChI is InChI=1S/C26H40N4O6/c1-21-3-5-25(31)23(27-21)19-29-7-11-33-15-17-35-13-9-30(10-14-36-18-16-34-12-8-29)20-24-26(32)6-4-22(2)28-24/h3-6,31-32H,7-20H2,1-2H3. The van der Waals surface area contributed by atoms with E-state index in [1.165, 1.54) is 0 Å². The number of hydrogen-bond acceptors (Lipinski definition) is 10. The van der Waals surface area contributed by atoms with Gasteiger partial charge in [0, 0.05) is 50.7 Å². The van der Waals surface area contributed by atoms with Gasteiger partial charge in [-0.3, -0.25) is 19.8 Å². The van der Waals surface area contributed by atoms with E-state index in [1.807, 2.05) is 13.8 Å². The molecule has 10 heteroatoms. The van der Waals surface area contributed by atoms with Crippen LogP contribution in [0.3, 0.4) is 0 Å². The zero-order valence-corrected chi connectivity index (χ0v) is 21.5. The Morgan fingerprint density at radius 3 is 1.25 bits per heavy atom. The first-order chi connectivity index (χ1) is 17.5. The quantitative estimate of drug-likeness (QED) is 0.641. The maximum absolute atomic E-state index is 10.2. The minimum atomic E-state index is 0.200. The Morgan fingerprint density at radius 1 is 0.583 bits per heavy atom. The van der Waals surface area contributed by atoms with Crippen LogP contribution in [0.5, 0.6) is 11.5 Å². The predicted molar refractivity (Wildman–Crippen MR) is 135 cm³/mol. The number of ether oxygens (including phenoxy) is 4. The maximum Gasteiger partial charge on any atom is 0.138 e. The number of aryl methyl sites for hydroxylation is 2. The Kier molecular flexibility index (Phi) is 12.3. The molecular formula is C26H40N4O6. The number of nitrogens with zero attached hydrogens (tertiary/aromatic N) is 4. The van der Waals surface area contributed by atoms with Crippen molar-refractivity contribution in [3.8, 4) is 11.5 Å². The highest BCUT2D eigenvalue weighted by Crippen LogP contribution is 2.18. The van der Waals surface area contributed by atoms with E-state index >= 15 is 0 Å². The zero-order chi connectivity index (χ0) is 25.6. The summed E-state index contributed by atoms with van der Waals surface area (Å²) in [6.07, 6.45) is 0. The van der Waals surface area contributed by atoms with Crippen molar-refractivity contribution in [2.45, 2.75) is 26.9 Å². The minimum Gasteiger partial charge on any atom is -0.506 e. The molecule has 3 rings (SSSR count). The lowest BCUT2D eigenvalue weighted by Gasteiger charge is -2.24. The molecular weight excluding hydrogens is 464 g/mol. The molecule has 2 aromatic heterocycles. The molecule has 3 heterocycles. The third-order valence-electron chi connectivity index (χ3n) is 5.88. The van der Waals surface area contributed by atoms with Gasteiger partial charge in [0.25, 0.3) is 0 Å². The summed E-state index contributed by atoms with van der Waals surface area (Å²) in [4.78, 5) is 13.3. The van der Waals surface area contributed by atoms with Crippen molar-refractivity contribution in [1.29, 1.82) is 0 Å². The summed E-state index contributed by atoms with van der Waals surface area (Å²) in [5.74, 6) is 0.400. The highest BCUT2D eigenvalue weighted by atomic mass is 16.5. The summed E-state index contributed by atoms with van der Waals surface area (Å²) in [5.41, 5.74) is 3.05. The molecule has 0 saturated carbocycles. The van der Waals surface area contributed by atoms with Crippen LogP contribution < -0.4 is 0 Å². The number of aromatic nitrogens is 2. The molecule has 1 fully saturated rings. The van der Waals surface area contributed by atoms with Gasteiger partial charge in [0.2, 0.25) is 0 Å². The normalized spacial score (nSPS) is 18.9. The molecule has 1 aliphatic rings. The Bertz CT molecular complexity index is 822. The van der Waals surface area contributed by atoms with E-state index in [1.54, 1.807) is 24.3 Å². The number of pyridine rings is 2. The molecule has 0 spiro atoms. The monoisotopic (exact) mass is 504 g/mol. The highest BCUT2D eigenvalue weighted by molar-refractivity contribution is 5.28. The van der Waals surface area contributed by atoms with E-state index in [2.05, 4.69) is 19.8 Å². The van der Waals surface area contributed by atoms with Crippen LogP contribution in [0.1, 0.15) is 22.8 Å². The molecule has 0 amide bonds. The van der Waals surface area contributed by atoms with Crippen molar-refractivity contribution in [3.63, 3.8) is 0 Å². The van der Waals surface area contributed by atoms with E-state index in [4.69, 9.17) is 18.9 Å². The lowest BCUT2D eigenvalue weighted by atomic mass is 10.2. The largest absolute Gasteiger partial charge is 0.506 e. The van der Waals surface area contributed by atoms with Gasteiger partial charge in [0.15, 0.2) is 0 Å². The van der Waals surface area contributed by atoms with Crippen molar-refractivity contribution >= 4 is 0 Å². The molecule has 0 radical (unpaired) electrons. The average Bonchev–Trinajstić information content (AvgIpc) is 2.85. The molecule has 200 valence electrons. The molecule has 0 atom stereocenters. The number of aromatic hydroxyl groups is 2. The summed E-state index contributed by atoms with van der Waals surface area (Å²) in [7, 11) is 0. The van der Waals surface area contributed by atoms with Gasteiger partial charge >= 0.3 is 0 Å². The third kappa shape index (κ3) is 10.3. The first-order valence-corrected chi connectivity index (χ1v) is 12.6. The van der Waals surface area contributed by atoms with Crippen LogP contribution in [0.4, 0.5) is 0 Å². The van der Waals surface area contributed by atoms with Crippen LogP contribution in [-0.2, 0) is 32.0 Å². The zero-order valence-electron chi connectivity index (χ0n) is 21.5. The average molecular weight is 505 g/mol. The minimum absolute atomic E-state index is 0.200. The Balaban J connectivity index is 1.49. The molecule has 0 bridgehead atoms. The first-order valence-electron chi connectivity index (χ1n) is 12.6. The second-order valence-corrected chi connectivity index (χ2v) is 8.84. The van der Waals surface area contributed by atoms with E-state index in [9.17, 15) is 10.2 Å². The smallest absolute Gasteiger partial charge is 0.138 e. The van der Waals surface area contributed by atoms with Gasteiger partial charge in [0.05, 0.1) is 64.2 Å². The van der Waals surface area contributed by atoms with Crippen LogP contribution in [-0.4, -0.2) is 109 Å². The lowest BCUT2D eigenvalue weighted by Crippen LogP contribution is -2.33. The Morgan fingerprint density at radius 2 is 0.917 bits per heavy atom. The first kappa shape index (κ1) is 28.2. The van der Waals surface area contributed by atoms with Gasteiger partial charge in [-0.15, -0.1) is 0 Å². The van der Waals surface area contributed by atoms with E-state index in [0.717, 1.165) is 11.4 Å². The van der Waals surface area contributed by atoms with E-state index in [0.29, 0.717) is 104 Å². The fourth-order valence-electron chi connectivity index (χ4n) is 3.82. The SMILES string of the molecule is Cc1ccc(O)c(CN2CCOCCOCCN(Cc3nc(C)ccc3O)CCOCCOCC2)n1. The van der Waals surface area contributed by atoms with E-state index < -0.39 is 0 Å². The predicted octanol–water partition coefficient (Wildman–Crippen LogP) is 1.89. The van der Waals surface area contributed by atoms with Gasteiger partial charge in [-0.25, -0.2) is 0 Å². The van der Waals surface area contributed by atoms with Gasteiger partial charge in [-0.2, -0.15) is 0 Å². The van der Waals surface area contributed by atoms with Crippen molar-refractivity contribution < 1.29 is 29.2 Å². The van der Waals surface area contributed by atoms with Crippen molar-refractivity contribution in [2.75, 3.05) is 79.0 Å². The third-order valence-corrected chi connectivity index (χ3v) is 5.88. The molecule has 2 aromatic rings. The molecule has 2 N–H and O–H groups in total. The molecule has 0 unspecified atom stereocenters. The summed E-state index contributed by atoms with van der Waals surface area (Å²) in [6, 6.07) is 6.96. The lowest BCUT2D eigenvalue weighted by molar-refractivity contribution is 0.00584. The fourth-order valence-corrected chi connectivity index (χ4v) is 3.82. The van der Waals surface area contributed by atoms with Gasteiger partial charge < -0.3 is 29.2 Å². The molecule has 0 aromatic carbocycles. The molecule has 1 saturated heterocycles. The van der Waals surface area contributed by atoms with Crippen LogP contribution in [0, 0.1) is 13.8 Å².